The largest absolute Gasteiger partial charge is 0.372 e. The molecular weight excluding hydrogens is 723 g/mol. The van der Waals surface area contributed by atoms with E-state index in [0.29, 0.717) is 38.5 Å². The van der Waals surface area contributed by atoms with Gasteiger partial charge in [-0.1, -0.05) is 102 Å². The zero-order valence-corrected chi connectivity index (χ0v) is 33.6. The van der Waals surface area contributed by atoms with E-state index in [9.17, 15) is 32.4 Å². The number of ketones is 1. The van der Waals surface area contributed by atoms with Crippen LogP contribution in [-0.2, 0) is 40.4 Å². The first kappa shape index (κ1) is 42.6. The lowest BCUT2D eigenvalue weighted by Gasteiger charge is -2.39. The van der Waals surface area contributed by atoms with E-state index in [1.807, 2.05) is 44.2 Å². The normalized spacial score (nSPS) is 23.0. The van der Waals surface area contributed by atoms with Crippen LogP contribution in [0.5, 0.6) is 0 Å². The zero-order valence-electron chi connectivity index (χ0n) is 32.8. The van der Waals surface area contributed by atoms with Crippen molar-refractivity contribution in [1.29, 1.82) is 0 Å². The van der Waals surface area contributed by atoms with Gasteiger partial charge < -0.3 is 31.3 Å². The summed E-state index contributed by atoms with van der Waals surface area (Å²) in [7, 11) is -3.46. The summed E-state index contributed by atoms with van der Waals surface area (Å²) in [5, 5.41) is 8.84. The van der Waals surface area contributed by atoms with Gasteiger partial charge in [0.1, 0.15) is 12.1 Å². The summed E-state index contributed by atoms with van der Waals surface area (Å²) in [5.74, 6) is -2.86. The Morgan fingerprint density at radius 1 is 0.909 bits per heavy atom. The summed E-state index contributed by atoms with van der Waals surface area (Å²) in [4.78, 5) is 69.4. The van der Waals surface area contributed by atoms with Crippen molar-refractivity contribution in [2.24, 2.45) is 23.5 Å². The Bertz CT molecular complexity index is 1590. The van der Waals surface area contributed by atoms with Crippen molar-refractivity contribution in [3.63, 3.8) is 0 Å². The third-order valence-corrected chi connectivity index (χ3v) is 14.1. The summed E-state index contributed by atoms with van der Waals surface area (Å²) in [5.41, 5.74) is 5.39. The number of rotatable bonds is 18. The summed E-state index contributed by atoms with van der Waals surface area (Å²) in [6.45, 7) is 4.33. The van der Waals surface area contributed by atoms with Gasteiger partial charge in [0.2, 0.25) is 17.6 Å². The van der Waals surface area contributed by atoms with Crippen LogP contribution in [0.4, 0.5) is 4.79 Å². The van der Waals surface area contributed by atoms with Gasteiger partial charge in [0.05, 0.1) is 35.8 Å². The number of ether oxygens (including phenoxy) is 1. The van der Waals surface area contributed by atoms with Crippen LogP contribution >= 0.6 is 0 Å². The molecule has 5 amide bonds. The fourth-order valence-electron chi connectivity index (χ4n) is 8.82. The molecule has 4 atom stereocenters. The number of amides is 5. The van der Waals surface area contributed by atoms with Crippen molar-refractivity contribution in [3.8, 4) is 0 Å². The number of carbonyl (C=O) groups is 5. The molecule has 1 unspecified atom stereocenters. The number of primary amides is 1. The van der Waals surface area contributed by atoms with Crippen LogP contribution in [-0.4, -0.2) is 90.7 Å². The molecule has 3 saturated carbocycles. The SMILES string of the molecule is CC(C)CCS(=O)(=O)CC1(NC(=O)N[C@H](C(=O)N2C[C@H](OCc3ccccc3)C[C@H]2C(=O)NC(CC2CCC2)C(=O)C(N)=O)C2CCCCC2)CCCCC1. The molecule has 55 heavy (non-hydrogen) atoms. The lowest BCUT2D eigenvalue weighted by molar-refractivity contribution is -0.143. The molecule has 1 saturated heterocycles. The van der Waals surface area contributed by atoms with E-state index >= 15 is 0 Å². The number of Topliss-reactive ketones (excluding diaryl/α,β-unsaturated/α-hetero) is 1. The average molecular weight is 786 g/mol. The van der Waals surface area contributed by atoms with Crippen LogP contribution in [0.2, 0.25) is 0 Å². The Hall–Kier alpha value is -3.52. The first-order chi connectivity index (χ1) is 26.2. The Labute approximate surface area is 326 Å². The van der Waals surface area contributed by atoms with Crippen LogP contribution in [0.15, 0.2) is 30.3 Å². The molecule has 0 bridgehead atoms. The van der Waals surface area contributed by atoms with Crippen LogP contribution < -0.4 is 21.7 Å². The second-order valence-corrected chi connectivity index (χ2v) is 19.3. The van der Waals surface area contributed by atoms with E-state index in [1.165, 1.54) is 4.90 Å². The summed E-state index contributed by atoms with van der Waals surface area (Å²) < 4.78 is 32.9. The number of likely N-dealkylation sites (tertiary alicyclic amines) is 1. The molecule has 13 nitrogen and oxygen atoms in total. The second kappa shape index (κ2) is 19.6. The Kier molecular flexibility index (Phi) is 15.2. The number of benzene rings is 1. The highest BCUT2D eigenvalue weighted by molar-refractivity contribution is 7.91. The number of nitrogens with one attached hydrogen (secondary N) is 3. The number of urea groups is 1. The van der Waals surface area contributed by atoms with Gasteiger partial charge in [0.25, 0.3) is 5.91 Å². The van der Waals surface area contributed by atoms with Gasteiger partial charge in [0.15, 0.2) is 9.84 Å². The standard InChI is InChI=1S/C41H63N5O8S/c1-28(2)19-22-55(52,53)27-41(20-10-5-11-21-41)45-40(51)44-35(31-17-8-4-9-18-31)39(50)46-25-32(54-26-30-13-6-3-7-14-30)24-34(46)38(49)43-33(36(47)37(42)48)23-29-15-12-16-29/h3,6-7,13-14,28-29,31-35H,4-5,8-12,15-27H2,1-2H3,(H2,42,48)(H,43,49)(H2,44,45,51)/t32-,33?,34+,35+/m1/s1. The third kappa shape index (κ3) is 12.2. The molecule has 1 aliphatic heterocycles. The first-order valence-corrected chi connectivity index (χ1v) is 22.5. The highest BCUT2D eigenvalue weighted by atomic mass is 32.2. The van der Waals surface area contributed by atoms with Crippen LogP contribution in [0, 0.1) is 17.8 Å². The topological polar surface area (TPSA) is 194 Å². The maximum atomic E-state index is 14.8. The highest BCUT2D eigenvalue weighted by Gasteiger charge is 2.46. The molecule has 1 aromatic carbocycles. The monoisotopic (exact) mass is 785 g/mol. The summed E-state index contributed by atoms with van der Waals surface area (Å²) in [6, 6.07) is 5.89. The van der Waals surface area contributed by atoms with E-state index < -0.39 is 69.1 Å². The highest BCUT2D eigenvalue weighted by Crippen LogP contribution is 2.34. The predicted octanol–water partition coefficient (Wildman–Crippen LogP) is 4.31. The summed E-state index contributed by atoms with van der Waals surface area (Å²) >= 11 is 0. The van der Waals surface area contributed by atoms with Crippen molar-refractivity contribution >= 4 is 39.4 Å². The molecule has 0 radical (unpaired) electrons. The Morgan fingerprint density at radius 3 is 2.20 bits per heavy atom. The first-order valence-electron chi connectivity index (χ1n) is 20.6. The molecule has 1 heterocycles. The zero-order chi connectivity index (χ0) is 39.6. The quantitative estimate of drug-likeness (QED) is 0.158. The molecule has 5 rings (SSSR count). The van der Waals surface area contributed by atoms with Gasteiger partial charge in [-0.2, -0.15) is 0 Å². The lowest BCUT2D eigenvalue weighted by Crippen LogP contribution is -2.62. The van der Waals surface area contributed by atoms with Gasteiger partial charge >= 0.3 is 6.03 Å². The predicted molar refractivity (Wildman–Crippen MR) is 209 cm³/mol. The fourth-order valence-corrected chi connectivity index (χ4v) is 11.0. The van der Waals surface area contributed by atoms with Gasteiger partial charge in [-0.3, -0.25) is 19.2 Å². The van der Waals surface area contributed by atoms with E-state index in [1.54, 1.807) is 0 Å². The maximum Gasteiger partial charge on any atom is 0.315 e. The molecule has 14 heteroatoms. The molecule has 1 aromatic rings. The number of carbonyl (C=O) groups excluding carboxylic acids is 5. The van der Waals surface area contributed by atoms with Crippen molar-refractivity contribution in [2.45, 2.75) is 153 Å². The van der Waals surface area contributed by atoms with Gasteiger partial charge in [-0.05, 0) is 61.8 Å². The number of sulfone groups is 1. The molecule has 0 spiro atoms. The number of hydrogen-bond donors (Lipinski definition) is 4. The smallest absolute Gasteiger partial charge is 0.315 e. The molecule has 4 aliphatic rings. The van der Waals surface area contributed by atoms with Crippen molar-refractivity contribution in [3.05, 3.63) is 35.9 Å². The minimum absolute atomic E-state index is 0.0530. The average Bonchev–Trinajstić information content (AvgIpc) is 3.58. The van der Waals surface area contributed by atoms with E-state index in [-0.39, 0.29) is 48.8 Å². The number of nitrogens with zero attached hydrogens (tertiary/aromatic N) is 1. The summed E-state index contributed by atoms with van der Waals surface area (Å²) in [6.07, 6.45) is 11.1. The van der Waals surface area contributed by atoms with Crippen molar-refractivity contribution < 1.29 is 37.1 Å². The third-order valence-electron chi connectivity index (χ3n) is 12.2. The number of nitrogens with two attached hydrogens (primary N) is 1. The van der Waals surface area contributed by atoms with Crippen molar-refractivity contribution in [2.75, 3.05) is 18.1 Å². The second-order valence-electron chi connectivity index (χ2n) is 17.1. The lowest BCUT2D eigenvalue weighted by atomic mass is 9.80. The van der Waals surface area contributed by atoms with Gasteiger partial charge in [-0.25, -0.2) is 13.2 Å². The van der Waals surface area contributed by atoms with Crippen LogP contribution in [0.25, 0.3) is 0 Å². The molecular formula is C41H63N5O8S. The minimum atomic E-state index is -3.46. The van der Waals surface area contributed by atoms with Crippen LogP contribution in [0.3, 0.4) is 0 Å². The maximum absolute atomic E-state index is 14.8. The Morgan fingerprint density at radius 2 is 1.58 bits per heavy atom. The Balaban J connectivity index is 1.37. The molecule has 5 N–H and O–H groups in total. The van der Waals surface area contributed by atoms with Crippen LogP contribution in [0.1, 0.15) is 122 Å². The van der Waals surface area contributed by atoms with Gasteiger partial charge in [0, 0.05) is 13.0 Å². The minimum Gasteiger partial charge on any atom is -0.372 e. The fraction of sp³-hybridized carbons (Fsp3) is 0.732. The van der Waals surface area contributed by atoms with Crippen molar-refractivity contribution in [1.82, 2.24) is 20.9 Å². The molecule has 0 aromatic heterocycles. The van der Waals surface area contributed by atoms with E-state index in [2.05, 4.69) is 16.0 Å². The number of hydrogen-bond acceptors (Lipinski definition) is 8. The van der Waals surface area contributed by atoms with Gasteiger partial charge in [-0.15, -0.1) is 0 Å². The molecule has 3 aliphatic carbocycles. The van der Waals surface area contributed by atoms with E-state index in [4.69, 9.17) is 10.5 Å². The van der Waals surface area contributed by atoms with E-state index in [0.717, 1.165) is 63.4 Å². The molecule has 306 valence electrons. The molecule has 4 fully saturated rings.